The van der Waals surface area contributed by atoms with Crippen LogP contribution in [-0.4, -0.2) is 0 Å². The van der Waals surface area contributed by atoms with Gasteiger partial charge in [0.15, 0.2) is 0 Å². The fourth-order valence-corrected chi connectivity index (χ4v) is 2.47. The van der Waals surface area contributed by atoms with Gasteiger partial charge in [0.25, 0.3) is 0 Å². The minimum atomic E-state index is 1.07. The first-order chi connectivity index (χ1) is 8.40. The Hall–Kier alpha value is -1.82. The van der Waals surface area contributed by atoms with Crippen molar-refractivity contribution in [3.63, 3.8) is 0 Å². The van der Waals surface area contributed by atoms with Crippen molar-refractivity contribution in [1.82, 2.24) is 0 Å². The lowest BCUT2D eigenvalue weighted by atomic mass is 9.94. The molecular formula is C17H15. The van der Waals surface area contributed by atoms with E-state index in [4.69, 9.17) is 0 Å². The topological polar surface area (TPSA) is 0 Å². The van der Waals surface area contributed by atoms with E-state index >= 15 is 0 Å². The zero-order valence-corrected chi connectivity index (χ0v) is 9.98. The lowest BCUT2D eigenvalue weighted by Gasteiger charge is -2.10. The van der Waals surface area contributed by atoms with Crippen LogP contribution in [0.2, 0.25) is 0 Å². The molecule has 3 rings (SSSR count). The maximum atomic E-state index is 2.32. The van der Waals surface area contributed by atoms with Crippen LogP contribution in [0.1, 0.15) is 18.9 Å². The molecule has 0 aliphatic heterocycles. The molecule has 0 atom stereocenters. The number of hydrogen-bond acceptors (Lipinski definition) is 0. The van der Waals surface area contributed by atoms with Crippen LogP contribution in [0.25, 0.3) is 21.5 Å². The van der Waals surface area contributed by atoms with E-state index in [1.165, 1.54) is 27.1 Å². The summed E-state index contributed by atoms with van der Waals surface area (Å²) in [4.78, 5) is 0. The van der Waals surface area contributed by atoms with E-state index in [0.29, 0.717) is 0 Å². The van der Waals surface area contributed by atoms with Crippen molar-refractivity contribution in [2.45, 2.75) is 13.3 Å². The molecule has 0 aliphatic rings. The number of hydrogen-bond donors (Lipinski definition) is 0. The summed E-state index contributed by atoms with van der Waals surface area (Å²) < 4.78 is 0. The maximum Gasteiger partial charge on any atom is -0.00831 e. The van der Waals surface area contributed by atoms with Crippen LogP contribution in [0.5, 0.6) is 0 Å². The van der Waals surface area contributed by atoms with E-state index in [1.54, 1.807) is 0 Å². The third-order valence-electron chi connectivity index (χ3n) is 3.22. The number of fused-ring (bicyclic) bond motifs is 2. The second-order valence-electron chi connectivity index (χ2n) is 4.34. The normalized spacial score (nSPS) is 11.1. The summed E-state index contributed by atoms with van der Waals surface area (Å²) in [5.41, 5.74) is 1.38. The fraction of sp³-hybridized carbons (Fsp3) is 0.118. The van der Waals surface area contributed by atoms with Crippen LogP contribution >= 0.6 is 0 Å². The Morgan fingerprint density at radius 3 is 1.88 bits per heavy atom. The minimum Gasteiger partial charge on any atom is -0.0648 e. The summed E-state index contributed by atoms with van der Waals surface area (Å²) >= 11 is 0. The molecule has 0 heterocycles. The molecule has 0 spiro atoms. The van der Waals surface area contributed by atoms with Crippen LogP contribution in [0.15, 0.2) is 54.6 Å². The van der Waals surface area contributed by atoms with E-state index in [0.717, 1.165) is 6.42 Å². The molecule has 0 aromatic heterocycles. The van der Waals surface area contributed by atoms with Gasteiger partial charge >= 0.3 is 0 Å². The van der Waals surface area contributed by atoms with E-state index in [-0.39, 0.29) is 0 Å². The summed E-state index contributed by atoms with van der Waals surface area (Å²) in [6.45, 7) is 2.19. The molecule has 0 bridgehead atoms. The largest absolute Gasteiger partial charge is 0.0648 e. The Kier molecular flexibility index (Phi) is 2.56. The van der Waals surface area contributed by atoms with Gasteiger partial charge in [-0.2, -0.15) is 0 Å². The SMILES string of the molecule is CC[CH]c1c2ccccc2cc2ccccc12. The van der Waals surface area contributed by atoms with Crippen molar-refractivity contribution in [3.8, 4) is 0 Å². The molecule has 0 fully saturated rings. The Labute approximate surface area is 102 Å². The molecule has 1 radical (unpaired) electrons. The van der Waals surface area contributed by atoms with Gasteiger partial charge in [0.1, 0.15) is 0 Å². The fourth-order valence-electron chi connectivity index (χ4n) is 2.47. The summed E-state index contributed by atoms with van der Waals surface area (Å²) in [6, 6.07) is 19.5. The first-order valence-electron chi connectivity index (χ1n) is 6.14. The van der Waals surface area contributed by atoms with Crippen molar-refractivity contribution in [2.24, 2.45) is 0 Å². The second kappa shape index (κ2) is 4.21. The summed E-state index contributed by atoms with van der Waals surface area (Å²) in [5, 5.41) is 5.36. The van der Waals surface area contributed by atoms with Gasteiger partial charge in [0.05, 0.1) is 0 Å². The average molecular weight is 219 g/mol. The molecule has 0 nitrogen and oxygen atoms in total. The van der Waals surface area contributed by atoms with E-state index in [2.05, 4.69) is 67.9 Å². The molecule has 83 valence electrons. The number of benzene rings is 3. The quantitative estimate of drug-likeness (QED) is 0.535. The first kappa shape index (κ1) is 10.3. The lowest BCUT2D eigenvalue weighted by Crippen LogP contribution is -1.87. The standard InChI is InChI=1S/C17H15/c1-2-7-17-15-10-5-3-8-13(15)12-14-9-4-6-11-16(14)17/h3-12H,2H2,1H3. The molecule has 0 amide bonds. The predicted octanol–water partition coefficient (Wildman–Crippen LogP) is 4.96. The van der Waals surface area contributed by atoms with E-state index < -0.39 is 0 Å². The Balaban J connectivity index is 2.47. The van der Waals surface area contributed by atoms with Gasteiger partial charge in [0, 0.05) is 0 Å². The van der Waals surface area contributed by atoms with Crippen molar-refractivity contribution < 1.29 is 0 Å². The highest BCUT2D eigenvalue weighted by molar-refractivity contribution is 6.03. The molecule has 0 heteroatoms. The van der Waals surface area contributed by atoms with Crippen molar-refractivity contribution in [2.75, 3.05) is 0 Å². The number of rotatable bonds is 2. The molecule has 3 aromatic carbocycles. The van der Waals surface area contributed by atoms with Crippen LogP contribution < -0.4 is 0 Å². The minimum absolute atomic E-state index is 1.07. The predicted molar refractivity (Wildman–Crippen MR) is 75.1 cm³/mol. The molecular weight excluding hydrogens is 204 g/mol. The third-order valence-corrected chi connectivity index (χ3v) is 3.22. The van der Waals surface area contributed by atoms with Crippen molar-refractivity contribution in [3.05, 3.63) is 66.6 Å². The highest BCUT2D eigenvalue weighted by Crippen LogP contribution is 2.29. The Morgan fingerprint density at radius 1 is 0.824 bits per heavy atom. The average Bonchev–Trinajstić information content (AvgIpc) is 2.39. The second-order valence-corrected chi connectivity index (χ2v) is 4.34. The van der Waals surface area contributed by atoms with Gasteiger partial charge in [-0.05, 0) is 46.0 Å². The summed E-state index contributed by atoms with van der Waals surface area (Å²) in [5.74, 6) is 0. The van der Waals surface area contributed by atoms with Crippen LogP contribution in [-0.2, 0) is 0 Å². The Morgan fingerprint density at radius 2 is 1.35 bits per heavy atom. The van der Waals surface area contributed by atoms with Gasteiger partial charge in [-0.1, -0.05) is 55.5 Å². The van der Waals surface area contributed by atoms with E-state index in [1.807, 2.05) is 0 Å². The van der Waals surface area contributed by atoms with Crippen LogP contribution in [0, 0.1) is 6.42 Å². The van der Waals surface area contributed by atoms with Gasteiger partial charge in [0.2, 0.25) is 0 Å². The molecule has 3 aromatic rings. The van der Waals surface area contributed by atoms with E-state index in [9.17, 15) is 0 Å². The zero-order chi connectivity index (χ0) is 11.7. The van der Waals surface area contributed by atoms with Gasteiger partial charge in [-0.25, -0.2) is 0 Å². The first-order valence-corrected chi connectivity index (χ1v) is 6.14. The molecule has 0 saturated carbocycles. The molecule has 0 N–H and O–H groups in total. The summed E-state index contributed by atoms with van der Waals surface area (Å²) in [6.07, 6.45) is 3.39. The monoisotopic (exact) mass is 219 g/mol. The molecule has 0 saturated heterocycles. The maximum absolute atomic E-state index is 2.32. The van der Waals surface area contributed by atoms with Crippen molar-refractivity contribution in [1.29, 1.82) is 0 Å². The highest BCUT2D eigenvalue weighted by atomic mass is 14.1. The molecule has 0 unspecified atom stereocenters. The highest BCUT2D eigenvalue weighted by Gasteiger charge is 2.05. The van der Waals surface area contributed by atoms with Crippen LogP contribution in [0.4, 0.5) is 0 Å². The zero-order valence-electron chi connectivity index (χ0n) is 9.98. The molecule has 17 heavy (non-hydrogen) atoms. The van der Waals surface area contributed by atoms with Gasteiger partial charge in [-0.3, -0.25) is 0 Å². The molecule has 0 aliphatic carbocycles. The summed E-state index contributed by atoms with van der Waals surface area (Å²) in [7, 11) is 0. The Bertz CT molecular complexity index is 611. The van der Waals surface area contributed by atoms with Gasteiger partial charge < -0.3 is 0 Å². The van der Waals surface area contributed by atoms with Crippen LogP contribution in [0.3, 0.4) is 0 Å². The van der Waals surface area contributed by atoms with Crippen molar-refractivity contribution >= 4 is 21.5 Å². The lowest BCUT2D eigenvalue weighted by molar-refractivity contribution is 1.14. The third kappa shape index (κ3) is 1.70. The van der Waals surface area contributed by atoms with Gasteiger partial charge in [-0.15, -0.1) is 0 Å². The smallest absolute Gasteiger partial charge is 0.00831 e.